The van der Waals surface area contributed by atoms with Gasteiger partial charge >= 0.3 is 0 Å². The molecule has 1 aromatic carbocycles. The van der Waals surface area contributed by atoms with E-state index >= 15 is 0 Å². The molecule has 2 aliphatic rings. The van der Waals surface area contributed by atoms with Crippen molar-refractivity contribution in [3.8, 4) is 0 Å². The normalized spacial score (nSPS) is 17.5. The maximum absolute atomic E-state index is 13.1. The number of nitrogens with one attached hydrogen (secondary N) is 1. The fraction of sp³-hybridized carbons (Fsp3) is 0.429. The molecule has 1 N–H and O–H groups in total. The van der Waals surface area contributed by atoms with Gasteiger partial charge < -0.3 is 5.32 Å². The van der Waals surface area contributed by atoms with Crippen molar-refractivity contribution in [2.45, 2.75) is 38.9 Å². The van der Waals surface area contributed by atoms with Crippen LogP contribution < -0.4 is 10.9 Å². The van der Waals surface area contributed by atoms with Gasteiger partial charge in [0.25, 0.3) is 5.56 Å². The number of fused-ring (bicyclic) bond motifs is 3. The van der Waals surface area contributed by atoms with E-state index in [-0.39, 0.29) is 5.56 Å². The molecule has 0 saturated carbocycles. The lowest BCUT2D eigenvalue weighted by molar-refractivity contribution is 0.331. The van der Waals surface area contributed by atoms with Gasteiger partial charge in [-0.15, -0.1) is 11.3 Å². The smallest absolute Gasteiger partial charge is 0.262 e. The Balaban J connectivity index is 1.44. The van der Waals surface area contributed by atoms with Crippen LogP contribution in [0.2, 0.25) is 0 Å². The minimum atomic E-state index is 0.101. The third kappa shape index (κ3) is 3.33. The number of aromatic nitrogens is 2. The molecule has 1 fully saturated rings. The molecule has 0 radical (unpaired) electrons. The largest absolute Gasteiger partial charge is 0.312 e. The first-order chi connectivity index (χ1) is 13.3. The second kappa shape index (κ2) is 7.19. The zero-order valence-electron chi connectivity index (χ0n) is 15.4. The average Bonchev–Trinajstić information content (AvgIpc) is 3.32. The summed E-state index contributed by atoms with van der Waals surface area (Å²) in [7, 11) is 0. The maximum Gasteiger partial charge on any atom is 0.262 e. The summed E-state index contributed by atoms with van der Waals surface area (Å²) >= 11 is 1.66. The number of benzene rings is 1. The van der Waals surface area contributed by atoms with Crippen LogP contribution in [-0.4, -0.2) is 34.1 Å². The fourth-order valence-corrected chi connectivity index (χ4v) is 5.43. The fourth-order valence-electron chi connectivity index (χ4n) is 4.28. The Kier molecular flexibility index (Phi) is 4.55. The van der Waals surface area contributed by atoms with Crippen LogP contribution in [0.3, 0.4) is 0 Å². The zero-order chi connectivity index (χ0) is 18.2. The number of hydrogen-bond donors (Lipinski definition) is 1. The molecule has 2 aliphatic heterocycles. The van der Waals surface area contributed by atoms with E-state index in [9.17, 15) is 4.79 Å². The number of nitrogens with zero attached hydrogens (tertiary/aromatic N) is 3. The molecule has 0 aliphatic carbocycles. The Morgan fingerprint density at radius 1 is 1.15 bits per heavy atom. The summed E-state index contributed by atoms with van der Waals surface area (Å²) in [4.78, 5) is 22.4. The van der Waals surface area contributed by atoms with Crippen LogP contribution in [0, 0.1) is 0 Å². The highest BCUT2D eigenvalue weighted by Gasteiger charge is 2.20. The summed E-state index contributed by atoms with van der Waals surface area (Å²) in [5.41, 5.74) is 3.81. The van der Waals surface area contributed by atoms with E-state index in [0.717, 1.165) is 36.3 Å². The molecule has 1 saturated heterocycles. The summed E-state index contributed by atoms with van der Waals surface area (Å²) in [5.74, 6) is 0. The number of hydrogen-bond acceptors (Lipinski definition) is 5. The zero-order valence-corrected chi connectivity index (χ0v) is 16.2. The molecule has 27 heavy (non-hydrogen) atoms. The van der Waals surface area contributed by atoms with E-state index in [2.05, 4.69) is 39.5 Å². The molecule has 0 bridgehead atoms. The summed E-state index contributed by atoms with van der Waals surface area (Å²) in [5, 5.41) is 4.22. The second-order valence-corrected chi connectivity index (χ2v) is 8.68. The topological polar surface area (TPSA) is 50.2 Å². The quantitative estimate of drug-likeness (QED) is 0.756. The van der Waals surface area contributed by atoms with Gasteiger partial charge in [0.1, 0.15) is 4.83 Å². The first kappa shape index (κ1) is 17.1. The van der Waals surface area contributed by atoms with Crippen molar-refractivity contribution < 1.29 is 0 Å². The highest BCUT2D eigenvalue weighted by molar-refractivity contribution is 7.18. The van der Waals surface area contributed by atoms with Gasteiger partial charge in [0.15, 0.2) is 0 Å². The molecule has 0 amide bonds. The monoisotopic (exact) mass is 380 g/mol. The summed E-state index contributed by atoms with van der Waals surface area (Å²) in [6, 6.07) is 8.64. The van der Waals surface area contributed by atoms with Gasteiger partial charge in [-0.2, -0.15) is 0 Å². The summed E-state index contributed by atoms with van der Waals surface area (Å²) < 4.78 is 1.77. The third-order valence-electron chi connectivity index (χ3n) is 5.65. The molecule has 2 aromatic heterocycles. The van der Waals surface area contributed by atoms with Crippen LogP contribution in [0.15, 0.2) is 35.4 Å². The van der Waals surface area contributed by atoms with Crippen LogP contribution in [0.25, 0.3) is 10.2 Å². The predicted molar refractivity (Wildman–Crippen MR) is 109 cm³/mol. The first-order valence-corrected chi connectivity index (χ1v) is 10.6. The third-order valence-corrected chi connectivity index (χ3v) is 6.79. The molecule has 4 heterocycles. The summed E-state index contributed by atoms with van der Waals surface area (Å²) in [6.45, 7) is 5.77. The van der Waals surface area contributed by atoms with Crippen LogP contribution in [-0.2, 0) is 26.1 Å². The molecule has 5 nitrogen and oxygen atoms in total. The van der Waals surface area contributed by atoms with Crippen LogP contribution in [0.4, 0.5) is 0 Å². The van der Waals surface area contributed by atoms with Gasteiger partial charge in [-0.3, -0.25) is 14.3 Å². The first-order valence-electron chi connectivity index (χ1n) is 9.78. The van der Waals surface area contributed by atoms with Gasteiger partial charge in [0.2, 0.25) is 0 Å². The molecule has 5 rings (SSSR count). The summed E-state index contributed by atoms with van der Waals surface area (Å²) in [6.07, 6.45) is 5.25. The van der Waals surface area contributed by atoms with Gasteiger partial charge in [-0.25, -0.2) is 4.98 Å². The highest BCUT2D eigenvalue weighted by Crippen LogP contribution is 2.29. The number of thiophene rings is 1. The van der Waals surface area contributed by atoms with Crippen molar-refractivity contribution in [3.05, 3.63) is 62.5 Å². The minimum Gasteiger partial charge on any atom is -0.312 e. The molecule has 0 spiro atoms. The molecular formula is C21H24N4OS. The highest BCUT2D eigenvalue weighted by atomic mass is 32.1. The molecule has 140 valence electrons. The molecular weight excluding hydrogens is 356 g/mol. The Labute approximate surface area is 162 Å². The molecule has 6 heteroatoms. The van der Waals surface area contributed by atoms with Crippen molar-refractivity contribution in [2.75, 3.05) is 19.6 Å². The lowest BCUT2D eigenvalue weighted by atomic mass is 10.1. The van der Waals surface area contributed by atoms with E-state index in [1.165, 1.54) is 47.5 Å². The minimum absolute atomic E-state index is 0.101. The predicted octanol–water partition coefficient (Wildman–Crippen LogP) is 2.75. The SMILES string of the molecule is O=c1c2c3c(sc2ncn1Cc1cccc(CN2CCCC2)c1)CNCC3. The van der Waals surface area contributed by atoms with E-state index in [1.54, 1.807) is 22.2 Å². The number of likely N-dealkylation sites (tertiary alicyclic amines) is 1. The van der Waals surface area contributed by atoms with E-state index in [1.807, 2.05) is 0 Å². The molecule has 0 atom stereocenters. The Morgan fingerprint density at radius 3 is 2.81 bits per heavy atom. The Bertz CT molecular complexity index is 1030. The lowest BCUT2D eigenvalue weighted by Crippen LogP contribution is -2.25. The second-order valence-electron chi connectivity index (χ2n) is 7.59. The van der Waals surface area contributed by atoms with E-state index in [0.29, 0.717) is 6.54 Å². The Morgan fingerprint density at radius 2 is 1.96 bits per heavy atom. The van der Waals surface area contributed by atoms with E-state index in [4.69, 9.17) is 0 Å². The average molecular weight is 381 g/mol. The van der Waals surface area contributed by atoms with Gasteiger partial charge in [-0.05, 0) is 55.6 Å². The van der Waals surface area contributed by atoms with Gasteiger partial charge in [0, 0.05) is 18.0 Å². The van der Waals surface area contributed by atoms with Crippen molar-refractivity contribution in [2.24, 2.45) is 0 Å². The standard InChI is InChI=1S/C21H24N4OS/c26-21-19-17-6-7-22-11-18(17)27-20(19)23-14-25(21)13-16-5-3-4-15(10-16)12-24-8-1-2-9-24/h3-5,10,14,22H,1-2,6-9,11-13H2. The lowest BCUT2D eigenvalue weighted by Gasteiger charge is -2.15. The van der Waals surface area contributed by atoms with Crippen LogP contribution in [0.1, 0.15) is 34.4 Å². The number of rotatable bonds is 4. The molecule has 0 unspecified atom stereocenters. The van der Waals surface area contributed by atoms with Gasteiger partial charge in [0.05, 0.1) is 18.3 Å². The van der Waals surface area contributed by atoms with Crippen LogP contribution in [0.5, 0.6) is 0 Å². The molecule has 3 aromatic rings. The van der Waals surface area contributed by atoms with Crippen molar-refractivity contribution in [3.63, 3.8) is 0 Å². The van der Waals surface area contributed by atoms with Crippen molar-refractivity contribution in [1.29, 1.82) is 0 Å². The van der Waals surface area contributed by atoms with Crippen molar-refractivity contribution >= 4 is 21.6 Å². The van der Waals surface area contributed by atoms with Crippen LogP contribution >= 0.6 is 11.3 Å². The Hall–Kier alpha value is -2.02. The maximum atomic E-state index is 13.1. The van der Waals surface area contributed by atoms with Gasteiger partial charge in [-0.1, -0.05) is 24.3 Å². The van der Waals surface area contributed by atoms with E-state index < -0.39 is 0 Å². The van der Waals surface area contributed by atoms with Crippen molar-refractivity contribution in [1.82, 2.24) is 19.8 Å².